The first-order valence-electron chi connectivity index (χ1n) is 5.66. The van der Waals surface area contributed by atoms with Gasteiger partial charge in [-0.05, 0) is 19.1 Å². The van der Waals surface area contributed by atoms with E-state index in [1.54, 1.807) is 6.07 Å². The van der Waals surface area contributed by atoms with Crippen molar-refractivity contribution in [2.45, 2.75) is 13.0 Å². The van der Waals surface area contributed by atoms with Crippen LogP contribution in [0.3, 0.4) is 0 Å². The Kier molecular flexibility index (Phi) is 4.83. The van der Waals surface area contributed by atoms with E-state index in [-0.39, 0.29) is 11.4 Å². The molecule has 0 saturated heterocycles. The van der Waals surface area contributed by atoms with Gasteiger partial charge in [-0.3, -0.25) is 4.31 Å². The summed E-state index contributed by atoms with van der Waals surface area (Å²) in [5.74, 6) is -0.628. The van der Waals surface area contributed by atoms with Crippen molar-refractivity contribution < 1.29 is 27.8 Å². The van der Waals surface area contributed by atoms with Gasteiger partial charge in [0.2, 0.25) is 10.0 Å². The lowest BCUT2D eigenvalue weighted by atomic mass is 10.2. The van der Waals surface area contributed by atoms with Crippen molar-refractivity contribution in [3.63, 3.8) is 0 Å². The number of nitrogens with zero attached hydrogens (tertiary/aromatic N) is 1. The molecule has 0 radical (unpaired) electrons. The number of anilines is 1. The Hall–Kier alpha value is -1.96. The Morgan fingerprint density at radius 3 is 2.30 bits per heavy atom. The molecule has 1 aromatic carbocycles. The maximum atomic E-state index is 11.9. The van der Waals surface area contributed by atoms with Gasteiger partial charge in [0, 0.05) is 6.07 Å². The molecule has 1 atom stereocenters. The summed E-state index contributed by atoms with van der Waals surface area (Å²) >= 11 is 0. The van der Waals surface area contributed by atoms with Crippen molar-refractivity contribution in [1.29, 1.82) is 0 Å². The van der Waals surface area contributed by atoms with E-state index in [0.717, 1.165) is 10.6 Å². The third-order valence-electron chi connectivity index (χ3n) is 2.69. The molecule has 1 aromatic rings. The minimum Gasteiger partial charge on any atom is -0.497 e. The number of methoxy groups -OCH3 is 2. The van der Waals surface area contributed by atoms with Crippen molar-refractivity contribution in [3.05, 3.63) is 18.2 Å². The SMILES string of the molecule is COc1ccc(OC)c(N([C@H](C)C(=O)O)S(C)(=O)=O)c1. The summed E-state index contributed by atoms with van der Waals surface area (Å²) in [7, 11) is -1.00. The predicted molar refractivity (Wildman–Crippen MR) is 74.0 cm³/mol. The van der Waals surface area contributed by atoms with E-state index in [1.807, 2.05) is 0 Å². The van der Waals surface area contributed by atoms with Crippen molar-refractivity contribution in [2.75, 3.05) is 24.8 Å². The van der Waals surface area contributed by atoms with Gasteiger partial charge >= 0.3 is 5.97 Å². The van der Waals surface area contributed by atoms with Gasteiger partial charge < -0.3 is 14.6 Å². The smallest absolute Gasteiger partial charge is 0.327 e. The maximum Gasteiger partial charge on any atom is 0.327 e. The second kappa shape index (κ2) is 6.00. The van der Waals surface area contributed by atoms with Crippen LogP contribution in [0.15, 0.2) is 18.2 Å². The maximum absolute atomic E-state index is 11.9. The molecule has 0 aliphatic carbocycles. The lowest BCUT2D eigenvalue weighted by Gasteiger charge is -2.27. The van der Waals surface area contributed by atoms with Crippen LogP contribution in [0.2, 0.25) is 0 Å². The molecule has 0 unspecified atom stereocenters. The fourth-order valence-electron chi connectivity index (χ4n) is 1.74. The topological polar surface area (TPSA) is 93.1 Å². The van der Waals surface area contributed by atoms with Gasteiger partial charge in [-0.15, -0.1) is 0 Å². The Balaban J connectivity index is 3.51. The number of hydrogen-bond acceptors (Lipinski definition) is 5. The van der Waals surface area contributed by atoms with Gasteiger partial charge in [0.05, 0.1) is 26.2 Å². The molecule has 1 N–H and O–H groups in total. The van der Waals surface area contributed by atoms with Gasteiger partial charge in [-0.2, -0.15) is 0 Å². The minimum atomic E-state index is -3.80. The zero-order valence-corrected chi connectivity index (χ0v) is 12.5. The number of sulfonamides is 1. The molecule has 0 amide bonds. The number of rotatable bonds is 6. The molecule has 0 aliphatic rings. The summed E-state index contributed by atoms with van der Waals surface area (Å²) in [4.78, 5) is 11.1. The van der Waals surface area contributed by atoms with Crippen LogP contribution in [0.1, 0.15) is 6.92 Å². The van der Waals surface area contributed by atoms with E-state index in [9.17, 15) is 13.2 Å². The molecule has 1 rings (SSSR count). The van der Waals surface area contributed by atoms with Crippen molar-refractivity contribution in [3.8, 4) is 11.5 Å². The summed E-state index contributed by atoms with van der Waals surface area (Å²) < 4.78 is 34.7. The van der Waals surface area contributed by atoms with Crippen LogP contribution in [0.4, 0.5) is 5.69 Å². The molecule has 112 valence electrons. The molecule has 0 fully saturated rings. The van der Waals surface area contributed by atoms with Gasteiger partial charge in [-0.25, -0.2) is 13.2 Å². The number of carboxylic acids is 1. The molecule has 20 heavy (non-hydrogen) atoms. The van der Waals surface area contributed by atoms with Crippen molar-refractivity contribution >= 4 is 21.7 Å². The standard InChI is InChI=1S/C12H17NO6S/c1-8(12(14)15)13(20(4,16)17)10-7-9(18-2)5-6-11(10)19-3/h5-8H,1-4H3,(H,14,15)/t8-/m1/s1. The lowest BCUT2D eigenvalue weighted by Crippen LogP contribution is -2.43. The van der Waals surface area contributed by atoms with Crippen LogP contribution in [-0.2, 0) is 14.8 Å². The normalized spacial score (nSPS) is 12.6. The zero-order valence-electron chi connectivity index (χ0n) is 11.7. The highest BCUT2D eigenvalue weighted by Gasteiger charge is 2.31. The monoisotopic (exact) mass is 303 g/mol. The van der Waals surface area contributed by atoms with Crippen molar-refractivity contribution in [2.24, 2.45) is 0 Å². The van der Waals surface area contributed by atoms with Crippen LogP contribution in [0.5, 0.6) is 11.5 Å². The fourth-order valence-corrected chi connectivity index (χ4v) is 2.91. The van der Waals surface area contributed by atoms with Crippen LogP contribution >= 0.6 is 0 Å². The number of carbonyl (C=O) groups is 1. The molecule has 8 heteroatoms. The van der Waals surface area contributed by atoms with Crippen LogP contribution < -0.4 is 13.8 Å². The average Bonchev–Trinajstić information content (AvgIpc) is 2.36. The Morgan fingerprint density at radius 1 is 1.30 bits per heavy atom. The summed E-state index contributed by atoms with van der Waals surface area (Å²) in [5.41, 5.74) is 0.115. The third-order valence-corrected chi connectivity index (χ3v) is 3.92. The molecule has 0 aromatic heterocycles. The van der Waals surface area contributed by atoms with E-state index in [2.05, 4.69) is 0 Å². The molecular formula is C12H17NO6S. The van der Waals surface area contributed by atoms with Gasteiger partial charge in [-0.1, -0.05) is 0 Å². The number of benzene rings is 1. The van der Waals surface area contributed by atoms with E-state index in [0.29, 0.717) is 5.75 Å². The predicted octanol–water partition coefficient (Wildman–Crippen LogP) is 0.943. The first-order chi connectivity index (χ1) is 9.22. The summed E-state index contributed by atoms with van der Waals surface area (Å²) in [6, 6.07) is 3.25. The van der Waals surface area contributed by atoms with Gasteiger partial charge in [0.25, 0.3) is 0 Å². The second-order valence-corrected chi connectivity index (χ2v) is 5.97. The Morgan fingerprint density at radius 2 is 1.90 bits per heavy atom. The van der Waals surface area contributed by atoms with Crippen LogP contribution in [-0.4, -0.2) is 46.0 Å². The first kappa shape index (κ1) is 16.1. The van der Waals surface area contributed by atoms with Gasteiger partial charge in [0.15, 0.2) is 0 Å². The highest BCUT2D eigenvalue weighted by atomic mass is 32.2. The number of hydrogen-bond donors (Lipinski definition) is 1. The van der Waals surface area contributed by atoms with E-state index in [4.69, 9.17) is 14.6 Å². The summed E-state index contributed by atoms with van der Waals surface area (Å²) in [5, 5.41) is 9.09. The van der Waals surface area contributed by atoms with Crippen molar-refractivity contribution in [1.82, 2.24) is 0 Å². The summed E-state index contributed by atoms with van der Waals surface area (Å²) in [6.07, 6.45) is 0.936. The molecular weight excluding hydrogens is 286 g/mol. The molecule has 7 nitrogen and oxygen atoms in total. The molecule has 0 heterocycles. The first-order valence-corrected chi connectivity index (χ1v) is 7.51. The van der Waals surface area contributed by atoms with E-state index < -0.39 is 22.0 Å². The largest absolute Gasteiger partial charge is 0.497 e. The Labute approximate surface area is 117 Å². The quantitative estimate of drug-likeness (QED) is 0.840. The number of ether oxygens (including phenoxy) is 2. The van der Waals surface area contributed by atoms with Crippen LogP contribution in [0, 0.1) is 0 Å². The molecule has 0 aliphatic heterocycles. The van der Waals surface area contributed by atoms with Gasteiger partial charge in [0.1, 0.15) is 17.5 Å². The van der Waals surface area contributed by atoms with E-state index in [1.165, 1.54) is 33.3 Å². The highest BCUT2D eigenvalue weighted by Crippen LogP contribution is 2.35. The highest BCUT2D eigenvalue weighted by molar-refractivity contribution is 7.92. The number of aliphatic carboxylic acids is 1. The average molecular weight is 303 g/mol. The van der Waals surface area contributed by atoms with E-state index >= 15 is 0 Å². The molecule has 0 spiro atoms. The van der Waals surface area contributed by atoms with Crippen LogP contribution in [0.25, 0.3) is 0 Å². The molecule has 0 saturated carbocycles. The summed E-state index contributed by atoms with van der Waals surface area (Å²) in [6.45, 7) is 1.28. The zero-order chi connectivity index (χ0) is 15.5. The lowest BCUT2D eigenvalue weighted by molar-refractivity contribution is -0.137. The molecule has 0 bridgehead atoms. The second-order valence-electron chi connectivity index (χ2n) is 4.11. The Bertz CT molecular complexity index is 598. The number of carboxylic acid groups (broad SMARTS) is 1. The third kappa shape index (κ3) is 3.32. The minimum absolute atomic E-state index is 0.115. The fraction of sp³-hybridized carbons (Fsp3) is 0.417.